The van der Waals surface area contributed by atoms with Crippen LogP contribution in [0, 0.1) is 5.41 Å². The van der Waals surface area contributed by atoms with Crippen LogP contribution in [-0.2, 0) is 13.1 Å². The van der Waals surface area contributed by atoms with Crippen LogP contribution in [0.5, 0.6) is 0 Å². The number of hydrogen-bond acceptors (Lipinski definition) is 3. The maximum atomic E-state index is 5.63. The van der Waals surface area contributed by atoms with Gasteiger partial charge in [-0.1, -0.05) is 34.1 Å². The van der Waals surface area contributed by atoms with Gasteiger partial charge in [0.15, 0.2) is 0 Å². The molecule has 0 atom stereocenters. The lowest BCUT2D eigenvalue weighted by atomic mass is 9.78. The normalized spacial score (nSPS) is 19.6. The number of hydrogen-bond donors (Lipinski definition) is 1. The molecule has 114 valence electrons. The van der Waals surface area contributed by atoms with Crippen molar-refractivity contribution in [3.8, 4) is 0 Å². The SMILES string of the molecule is CCC1(C)CCN(Cc2ccoc2CNC(C)C)CC1. The molecule has 1 aromatic rings. The lowest BCUT2D eigenvalue weighted by molar-refractivity contribution is 0.109. The Morgan fingerprint density at radius 3 is 2.65 bits per heavy atom. The van der Waals surface area contributed by atoms with Gasteiger partial charge in [-0.25, -0.2) is 0 Å². The van der Waals surface area contributed by atoms with Crippen molar-refractivity contribution in [1.82, 2.24) is 10.2 Å². The van der Waals surface area contributed by atoms with Gasteiger partial charge < -0.3 is 9.73 Å². The predicted octanol–water partition coefficient (Wildman–Crippen LogP) is 3.79. The first-order valence-corrected chi connectivity index (χ1v) is 8.03. The minimum Gasteiger partial charge on any atom is -0.468 e. The number of nitrogens with one attached hydrogen (secondary N) is 1. The van der Waals surface area contributed by atoms with E-state index in [9.17, 15) is 0 Å². The Bertz CT molecular complexity index is 403. The van der Waals surface area contributed by atoms with Gasteiger partial charge in [0.25, 0.3) is 0 Å². The highest BCUT2D eigenvalue weighted by molar-refractivity contribution is 5.17. The van der Waals surface area contributed by atoms with Gasteiger partial charge in [0.2, 0.25) is 0 Å². The molecule has 0 radical (unpaired) electrons. The Kier molecular flexibility index (Phi) is 5.28. The van der Waals surface area contributed by atoms with E-state index in [0.717, 1.165) is 18.8 Å². The van der Waals surface area contributed by atoms with E-state index < -0.39 is 0 Å². The molecule has 0 aliphatic carbocycles. The molecule has 1 aliphatic heterocycles. The molecule has 1 fully saturated rings. The third-order valence-electron chi connectivity index (χ3n) is 4.82. The fraction of sp³-hybridized carbons (Fsp3) is 0.765. The minimum absolute atomic E-state index is 0.494. The third-order valence-corrected chi connectivity index (χ3v) is 4.82. The molecule has 0 saturated carbocycles. The van der Waals surface area contributed by atoms with Gasteiger partial charge in [0, 0.05) is 18.2 Å². The highest BCUT2D eigenvalue weighted by atomic mass is 16.3. The maximum absolute atomic E-state index is 5.63. The van der Waals surface area contributed by atoms with E-state index in [2.05, 4.69) is 44.0 Å². The molecule has 0 spiro atoms. The second-order valence-corrected chi connectivity index (χ2v) is 6.84. The van der Waals surface area contributed by atoms with E-state index in [1.54, 1.807) is 0 Å². The molecule has 1 aromatic heterocycles. The lowest BCUT2D eigenvalue weighted by Gasteiger charge is -2.38. The van der Waals surface area contributed by atoms with E-state index in [-0.39, 0.29) is 0 Å². The van der Waals surface area contributed by atoms with E-state index >= 15 is 0 Å². The summed E-state index contributed by atoms with van der Waals surface area (Å²) in [7, 11) is 0. The molecule has 20 heavy (non-hydrogen) atoms. The summed E-state index contributed by atoms with van der Waals surface area (Å²) in [5.41, 5.74) is 1.91. The molecule has 2 rings (SSSR count). The first kappa shape index (κ1) is 15.6. The van der Waals surface area contributed by atoms with Gasteiger partial charge >= 0.3 is 0 Å². The smallest absolute Gasteiger partial charge is 0.122 e. The number of likely N-dealkylation sites (tertiary alicyclic amines) is 1. The van der Waals surface area contributed by atoms with Crippen LogP contribution in [0.2, 0.25) is 0 Å². The number of nitrogens with zero attached hydrogens (tertiary/aromatic N) is 1. The molecule has 3 heteroatoms. The van der Waals surface area contributed by atoms with Crippen molar-refractivity contribution in [2.75, 3.05) is 13.1 Å². The Morgan fingerprint density at radius 2 is 2.05 bits per heavy atom. The molecule has 0 aromatic carbocycles. The molecular weight excluding hydrogens is 248 g/mol. The Hall–Kier alpha value is -0.800. The van der Waals surface area contributed by atoms with Crippen LogP contribution in [0.25, 0.3) is 0 Å². The summed E-state index contributed by atoms with van der Waals surface area (Å²) in [5.74, 6) is 1.10. The van der Waals surface area contributed by atoms with Crippen molar-refractivity contribution < 1.29 is 4.42 Å². The molecule has 3 nitrogen and oxygen atoms in total. The molecule has 1 N–H and O–H groups in total. The topological polar surface area (TPSA) is 28.4 Å². The molecular formula is C17H30N2O. The van der Waals surface area contributed by atoms with Crippen LogP contribution < -0.4 is 5.32 Å². The highest BCUT2D eigenvalue weighted by Gasteiger charge is 2.28. The van der Waals surface area contributed by atoms with Crippen molar-refractivity contribution in [3.63, 3.8) is 0 Å². The first-order valence-electron chi connectivity index (χ1n) is 8.03. The van der Waals surface area contributed by atoms with Gasteiger partial charge in [0.05, 0.1) is 12.8 Å². The average Bonchev–Trinajstić information content (AvgIpc) is 2.86. The summed E-state index contributed by atoms with van der Waals surface area (Å²) >= 11 is 0. The predicted molar refractivity (Wildman–Crippen MR) is 83.6 cm³/mol. The fourth-order valence-corrected chi connectivity index (χ4v) is 2.81. The zero-order valence-corrected chi connectivity index (χ0v) is 13.5. The summed E-state index contributed by atoms with van der Waals surface area (Å²) in [6, 6.07) is 2.62. The minimum atomic E-state index is 0.494. The van der Waals surface area contributed by atoms with Gasteiger partial charge in [-0.3, -0.25) is 4.90 Å². The van der Waals surface area contributed by atoms with Gasteiger partial charge in [-0.2, -0.15) is 0 Å². The quantitative estimate of drug-likeness (QED) is 0.858. The van der Waals surface area contributed by atoms with Crippen LogP contribution in [0.3, 0.4) is 0 Å². The zero-order valence-electron chi connectivity index (χ0n) is 13.5. The monoisotopic (exact) mass is 278 g/mol. The summed E-state index contributed by atoms with van der Waals surface area (Å²) in [6.07, 6.45) is 5.77. The van der Waals surface area contributed by atoms with Crippen molar-refractivity contribution in [1.29, 1.82) is 0 Å². The van der Waals surface area contributed by atoms with Gasteiger partial charge in [0.1, 0.15) is 5.76 Å². The van der Waals surface area contributed by atoms with Crippen molar-refractivity contribution in [2.45, 2.75) is 66.1 Å². The summed E-state index contributed by atoms with van der Waals surface area (Å²) < 4.78 is 5.63. The largest absolute Gasteiger partial charge is 0.468 e. The van der Waals surface area contributed by atoms with E-state index in [4.69, 9.17) is 4.42 Å². The maximum Gasteiger partial charge on any atom is 0.122 e. The van der Waals surface area contributed by atoms with Crippen LogP contribution in [0.4, 0.5) is 0 Å². The van der Waals surface area contributed by atoms with Crippen LogP contribution in [0.1, 0.15) is 58.3 Å². The zero-order chi connectivity index (χ0) is 14.6. The molecule has 0 amide bonds. The number of furan rings is 1. The van der Waals surface area contributed by atoms with Gasteiger partial charge in [-0.05, 0) is 37.4 Å². The van der Waals surface area contributed by atoms with Crippen molar-refractivity contribution >= 4 is 0 Å². The fourth-order valence-electron chi connectivity index (χ4n) is 2.81. The average molecular weight is 278 g/mol. The number of rotatable bonds is 6. The second-order valence-electron chi connectivity index (χ2n) is 6.84. The molecule has 0 bridgehead atoms. The second kappa shape index (κ2) is 6.77. The molecule has 0 unspecified atom stereocenters. The third kappa shape index (κ3) is 4.10. The first-order chi connectivity index (χ1) is 9.52. The lowest BCUT2D eigenvalue weighted by Crippen LogP contribution is -2.38. The van der Waals surface area contributed by atoms with Crippen LogP contribution >= 0.6 is 0 Å². The Morgan fingerprint density at radius 1 is 1.35 bits per heavy atom. The molecule has 2 heterocycles. The van der Waals surface area contributed by atoms with E-state index in [1.165, 1.54) is 37.9 Å². The summed E-state index contributed by atoms with van der Waals surface area (Å²) in [6.45, 7) is 13.4. The Balaban J connectivity index is 1.87. The molecule has 1 aliphatic rings. The Labute approximate surface area is 123 Å². The van der Waals surface area contributed by atoms with Crippen molar-refractivity contribution in [3.05, 3.63) is 23.7 Å². The van der Waals surface area contributed by atoms with E-state index in [0.29, 0.717) is 11.5 Å². The van der Waals surface area contributed by atoms with Crippen LogP contribution in [-0.4, -0.2) is 24.0 Å². The standard InChI is InChI=1S/C17H30N2O/c1-5-17(4)7-9-19(10-8-17)13-15-6-11-20-16(15)12-18-14(2)3/h6,11,14,18H,5,7-10,12-13H2,1-4H3. The number of piperidine rings is 1. The summed E-state index contributed by atoms with van der Waals surface area (Å²) in [5, 5.41) is 3.44. The summed E-state index contributed by atoms with van der Waals surface area (Å²) in [4.78, 5) is 2.57. The van der Waals surface area contributed by atoms with Crippen molar-refractivity contribution in [2.24, 2.45) is 5.41 Å². The van der Waals surface area contributed by atoms with E-state index in [1.807, 2.05) is 6.26 Å². The van der Waals surface area contributed by atoms with Crippen LogP contribution in [0.15, 0.2) is 16.7 Å². The highest BCUT2D eigenvalue weighted by Crippen LogP contribution is 2.34. The molecule has 1 saturated heterocycles. The van der Waals surface area contributed by atoms with Gasteiger partial charge in [-0.15, -0.1) is 0 Å².